The summed E-state index contributed by atoms with van der Waals surface area (Å²) in [5, 5.41) is 14.4. The van der Waals surface area contributed by atoms with Crippen molar-refractivity contribution in [1.29, 1.82) is 0 Å². The van der Waals surface area contributed by atoms with Gasteiger partial charge in [0.15, 0.2) is 0 Å². The van der Waals surface area contributed by atoms with Crippen molar-refractivity contribution in [3.63, 3.8) is 0 Å². The molecule has 0 saturated heterocycles. The van der Waals surface area contributed by atoms with Crippen LogP contribution in [0.2, 0.25) is 0 Å². The minimum atomic E-state index is 0.625. The third-order valence-corrected chi connectivity index (χ3v) is 4.97. The number of nitrogens with one attached hydrogen (secondary N) is 1. The van der Waals surface area contributed by atoms with Gasteiger partial charge in [0.2, 0.25) is 5.13 Å². The Morgan fingerprint density at radius 1 is 1.06 bits per heavy atom. The van der Waals surface area contributed by atoms with Crippen LogP contribution in [0.1, 0.15) is 62.8 Å². The molecule has 0 radical (unpaired) electrons. The first-order valence-corrected chi connectivity index (χ1v) is 7.73. The first-order chi connectivity index (χ1) is 8.31. The molecule has 3 nitrogen and oxygen atoms in total. The second kappa shape index (κ2) is 4.92. The first-order valence-electron chi connectivity index (χ1n) is 6.91. The van der Waals surface area contributed by atoms with Crippen LogP contribution in [-0.4, -0.2) is 16.2 Å². The fraction of sp³-hybridized carbons (Fsp3) is 0.846. The SMILES string of the molecule is CC1CCCC(Nc2nnc(C3CC3)s2)CC1. The maximum atomic E-state index is 4.29. The van der Waals surface area contributed by atoms with Gasteiger partial charge < -0.3 is 5.32 Å². The summed E-state index contributed by atoms with van der Waals surface area (Å²) in [6.45, 7) is 2.37. The highest BCUT2D eigenvalue weighted by Gasteiger charge is 2.28. The molecule has 2 fully saturated rings. The zero-order chi connectivity index (χ0) is 11.7. The van der Waals surface area contributed by atoms with Crippen LogP contribution in [0.4, 0.5) is 5.13 Å². The van der Waals surface area contributed by atoms with E-state index in [1.165, 1.54) is 50.0 Å². The minimum Gasteiger partial charge on any atom is -0.357 e. The second-order valence-electron chi connectivity index (χ2n) is 5.67. The van der Waals surface area contributed by atoms with Gasteiger partial charge in [-0.2, -0.15) is 0 Å². The van der Waals surface area contributed by atoms with Crippen molar-refractivity contribution in [2.75, 3.05) is 5.32 Å². The molecule has 1 aromatic rings. The second-order valence-corrected chi connectivity index (χ2v) is 6.68. The van der Waals surface area contributed by atoms with Crippen LogP contribution in [0.25, 0.3) is 0 Å². The maximum Gasteiger partial charge on any atom is 0.205 e. The Bertz CT molecular complexity index is 372. The number of hydrogen-bond donors (Lipinski definition) is 1. The van der Waals surface area contributed by atoms with E-state index in [4.69, 9.17) is 0 Å². The Morgan fingerprint density at radius 3 is 2.76 bits per heavy atom. The smallest absolute Gasteiger partial charge is 0.205 e. The zero-order valence-corrected chi connectivity index (χ0v) is 11.3. The van der Waals surface area contributed by atoms with E-state index >= 15 is 0 Å². The van der Waals surface area contributed by atoms with Crippen LogP contribution in [0.15, 0.2) is 0 Å². The number of nitrogens with zero attached hydrogens (tertiary/aromatic N) is 2. The summed E-state index contributed by atoms with van der Waals surface area (Å²) in [5.74, 6) is 1.63. The summed E-state index contributed by atoms with van der Waals surface area (Å²) in [5.41, 5.74) is 0. The normalized spacial score (nSPS) is 29.9. The number of hydrogen-bond acceptors (Lipinski definition) is 4. The van der Waals surface area contributed by atoms with E-state index in [1.807, 2.05) is 0 Å². The van der Waals surface area contributed by atoms with E-state index in [2.05, 4.69) is 22.4 Å². The van der Waals surface area contributed by atoms with Gasteiger partial charge in [0.05, 0.1) is 0 Å². The van der Waals surface area contributed by atoms with Gasteiger partial charge in [-0.25, -0.2) is 0 Å². The third kappa shape index (κ3) is 2.97. The molecule has 94 valence electrons. The van der Waals surface area contributed by atoms with Gasteiger partial charge in [-0.15, -0.1) is 10.2 Å². The Kier molecular flexibility index (Phi) is 3.32. The van der Waals surface area contributed by atoms with Crippen molar-refractivity contribution >= 4 is 16.5 Å². The maximum absolute atomic E-state index is 4.29. The fourth-order valence-electron chi connectivity index (χ4n) is 2.59. The third-order valence-electron chi connectivity index (χ3n) is 3.95. The summed E-state index contributed by atoms with van der Waals surface area (Å²) in [6.07, 6.45) is 9.31. The zero-order valence-electron chi connectivity index (χ0n) is 10.5. The summed E-state index contributed by atoms with van der Waals surface area (Å²) in [6, 6.07) is 0.625. The molecule has 1 aromatic heterocycles. The van der Waals surface area contributed by atoms with Crippen molar-refractivity contribution in [2.24, 2.45) is 5.92 Å². The van der Waals surface area contributed by atoms with Gasteiger partial charge >= 0.3 is 0 Å². The Labute approximate surface area is 107 Å². The predicted molar refractivity (Wildman–Crippen MR) is 71.5 cm³/mol. The lowest BCUT2D eigenvalue weighted by Crippen LogP contribution is -2.18. The average molecular weight is 251 g/mol. The fourth-order valence-corrected chi connectivity index (χ4v) is 3.58. The topological polar surface area (TPSA) is 37.8 Å². The van der Waals surface area contributed by atoms with E-state index in [1.54, 1.807) is 11.3 Å². The van der Waals surface area contributed by atoms with E-state index in [0.717, 1.165) is 17.0 Å². The van der Waals surface area contributed by atoms with E-state index < -0.39 is 0 Å². The van der Waals surface area contributed by atoms with Crippen molar-refractivity contribution in [2.45, 2.75) is 63.8 Å². The van der Waals surface area contributed by atoms with Crippen LogP contribution < -0.4 is 5.32 Å². The molecule has 2 atom stereocenters. The number of anilines is 1. The molecule has 0 bridgehead atoms. The molecule has 0 aromatic carbocycles. The molecule has 2 aliphatic carbocycles. The van der Waals surface area contributed by atoms with Crippen molar-refractivity contribution < 1.29 is 0 Å². The molecule has 1 heterocycles. The van der Waals surface area contributed by atoms with Crippen LogP contribution in [0, 0.1) is 5.92 Å². The van der Waals surface area contributed by atoms with Crippen molar-refractivity contribution in [3.8, 4) is 0 Å². The largest absolute Gasteiger partial charge is 0.357 e. The Hall–Kier alpha value is -0.640. The van der Waals surface area contributed by atoms with E-state index in [0.29, 0.717) is 6.04 Å². The van der Waals surface area contributed by atoms with Crippen molar-refractivity contribution in [1.82, 2.24) is 10.2 Å². The highest BCUT2D eigenvalue weighted by atomic mass is 32.1. The van der Waals surface area contributed by atoms with E-state index in [9.17, 15) is 0 Å². The first kappa shape index (κ1) is 11.5. The molecule has 2 saturated carbocycles. The molecule has 0 amide bonds. The molecular formula is C13H21N3S. The predicted octanol–water partition coefficient (Wildman–Crippen LogP) is 3.80. The van der Waals surface area contributed by atoms with Gasteiger partial charge in [-0.05, 0) is 38.0 Å². The molecular weight excluding hydrogens is 230 g/mol. The number of rotatable bonds is 3. The van der Waals surface area contributed by atoms with E-state index in [-0.39, 0.29) is 0 Å². The highest BCUT2D eigenvalue weighted by molar-refractivity contribution is 7.15. The molecule has 1 N–H and O–H groups in total. The lowest BCUT2D eigenvalue weighted by molar-refractivity contribution is 0.502. The molecule has 2 aliphatic rings. The summed E-state index contributed by atoms with van der Waals surface area (Å²) < 4.78 is 0. The Balaban J connectivity index is 1.57. The summed E-state index contributed by atoms with van der Waals surface area (Å²) >= 11 is 1.77. The standard InChI is InChI=1S/C13H21N3S/c1-9-3-2-4-11(8-5-9)14-13-16-15-12(17-13)10-6-7-10/h9-11H,2-8H2,1H3,(H,14,16). The van der Waals surface area contributed by atoms with Crippen molar-refractivity contribution in [3.05, 3.63) is 5.01 Å². The van der Waals surface area contributed by atoms with Gasteiger partial charge in [-0.1, -0.05) is 31.1 Å². The van der Waals surface area contributed by atoms with Crippen LogP contribution in [-0.2, 0) is 0 Å². The molecule has 17 heavy (non-hydrogen) atoms. The molecule has 4 heteroatoms. The van der Waals surface area contributed by atoms with Crippen LogP contribution in [0.5, 0.6) is 0 Å². The lowest BCUT2D eigenvalue weighted by Gasteiger charge is -2.14. The quantitative estimate of drug-likeness (QED) is 0.830. The monoisotopic (exact) mass is 251 g/mol. The number of aromatic nitrogens is 2. The Morgan fingerprint density at radius 2 is 1.94 bits per heavy atom. The summed E-state index contributed by atoms with van der Waals surface area (Å²) in [7, 11) is 0. The van der Waals surface area contributed by atoms with Gasteiger partial charge in [0.1, 0.15) is 5.01 Å². The molecule has 2 unspecified atom stereocenters. The summed E-state index contributed by atoms with van der Waals surface area (Å²) in [4.78, 5) is 0. The highest BCUT2D eigenvalue weighted by Crippen LogP contribution is 2.42. The van der Waals surface area contributed by atoms with Gasteiger partial charge in [0, 0.05) is 12.0 Å². The van der Waals surface area contributed by atoms with Crippen LogP contribution >= 0.6 is 11.3 Å². The average Bonchev–Trinajstić information content (AvgIpc) is 3.09. The minimum absolute atomic E-state index is 0.625. The molecule has 0 spiro atoms. The molecule has 0 aliphatic heterocycles. The molecule has 3 rings (SSSR count). The van der Waals surface area contributed by atoms with Crippen LogP contribution in [0.3, 0.4) is 0 Å². The van der Waals surface area contributed by atoms with Gasteiger partial charge in [0.25, 0.3) is 0 Å². The lowest BCUT2D eigenvalue weighted by atomic mass is 10.0. The van der Waals surface area contributed by atoms with Gasteiger partial charge in [-0.3, -0.25) is 0 Å².